The van der Waals surface area contributed by atoms with Gasteiger partial charge in [-0.05, 0) is 20.8 Å². The first-order valence-corrected chi connectivity index (χ1v) is 5.14. The molecule has 0 radical (unpaired) electrons. The molecule has 0 aliphatic carbocycles. The predicted molar refractivity (Wildman–Crippen MR) is 63.0 cm³/mol. The molecule has 1 heterocycles. The van der Waals surface area contributed by atoms with Crippen LogP contribution in [0.25, 0.3) is 0 Å². The maximum Gasteiger partial charge on any atom is 0.273 e. The molecule has 0 spiro atoms. The average molecular weight is 239 g/mol. The lowest BCUT2D eigenvalue weighted by atomic mass is 9.93. The van der Waals surface area contributed by atoms with Gasteiger partial charge in [-0.2, -0.15) is 5.10 Å². The van der Waals surface area contributed by atoms with Crippen LogP contribution in [0.1, 0.15) is 30.0 Å². The molecule has 0 bridgehead atoms. The molecular weight excluding hydrogens is 222 g/mol. The molecule has 17 heavy (non-hydrogen) atoms. The monoisotopic (exact) mass is 239 g/mol. The molecule has 1 rings (SSSR count). The van der Waals surface area contributed by atoms with Crippen molar-refractivity contribution in [3.63, 3.8) is 0 Å². The number of aromatic amines is 1. The number of nitrogens with one attached hydrogen (secondary N) is 2. The Balaban J connectivity index is 2.69. The van der Waals surface area contributed by atoms with Gasteiger partial charge in [0.2, 0.25) is 5.91 Å². The summed E-state index contributed by atoms with van der Waals surface area (Å²) in [5.74, 6) is -0.912. The molecule has 0 unspecified atom stereocenters. The summed E-state index contributed by atoms with van der Waals surface area (Å²) < 4.78 is 0. The van der Waals surface area contributed by atoms with Gasteiger partial charge in [-0.3, -0.25) is 14.7 Å². The third kappa shape index (κ3) is 2.74. The number of rotatable bonds is 4. The van der Waals surface area contributed by atoms with E-state index in [1.54, 1.807) is 20.8 Å². The van der Waals surface area contributed by atoms with Crippen molar-refractivity contribution in [3.8, 4) is 0 Å². The minimum absolute atomic E-state index is 0.128. The number of nitrogen functional groups attached to an aromatic ring is 1. The third-order valence-corrected chi connectivity index (χ3v) is 2.57. The van der Waals surface area contributed by atoms with Crippen molar-refractivity contribution in [2.24, 2.45) is 11.1 Å². The van der Waals surface area contributed by atoms with Crippen LogP contribution in [0.2, 0.25) is 0 Å². The van der Waals surface area contributed by atoms with Gasteiger partial charge in [-0.1, -0.05) is 0 Å². The Labute approximate surface area is 98.9 Å². The molecule has 0 saturated heterocycles. The van der Waals surface area contributed by atoms with E-state index in [9.17, 15) is 9.59 Å². The second kappa shape index (κ2) is 4.44. The standard InChI is InChI=1S/C10H17N5O2/c1-5-6(11)7(15-14-5)8(16)13-4-10(2,3)9(12)17/h4,11H2,1-3H3,(H2,12,17)(H,13,16)(H,14,15). The van der Waals surface area contributed by atoms with E-state index in [4.69, 9.17) is 11.5 Å². The van der Waals surface area contributed by atoms with Gasteiger partial charge in [-0.25, -0.2) is 0 Å². The first-order valence-electron chi connectivity index (χ1n) is 5.14. The molecule has 0 aliphatic heterocycles. The second-order valence-corrected chi connectivity index (χ2v) is 4.54. The summed E-state index contributed by atoms with van der Waals surface area (Å²) >= 11 is 0. The Morgan fingerprint density at radius 1 is 1.47 bits per heavy atom. The molecule has 7 nitrogen and oxygen atoms in total. The van der Waals surface area contributed by atoms with Crippen molar-refractivity contribution < 1.29 is 9.59 Å². The Bertz CT molecular complexity index is 450. The lowest BCUT2D eigenvalue weighted by molar-refractivity contribution is -0.125. The summed E-state index contributed by atoms with van der Waals surface area (Å²) in [7, 11) is 0. The fraction of sp³-hybridized carbons (Fsp3) is 0.500. The molecule has 6 N–H and O–H groups in total. The highest BCUT2D eigenvalue weighted by Gasteiger charge is 2.26. The maximum atomic E-state index is 11.7. The van der Waals surface area contributed by atoms with E-state index in [-0.39, 0.29) is 12.2 Å². The second-order valence-electron chi connectivity index (χ2n) is 4.54. The van der Waals surface area contributed by atoms with E-state index in [2.05, 4.69) is 15.5 Å². The van der Waals surface area contributed by atoms with Crippen LogP contribution in [0.3, 0.4) is 0 Å². The quantitative estimate of drug-likeness (QED) is 0.567. The summed E-state index contributed by atoms with van der Waals surface area (Å²) in [6.07, 6.45) is 0. The summed E-state index contributed by atoms with van der Waals surface area (Å²) in [4.78, 5) is 22.8. The highest BCUT2D eigenvalue weighted by molar-refractivity contribution is 5.97. The van der Waals surface area contributed by atoms with E-state index >= 15 is 0 Å². The average Bonchev–Trinajstić information content (AvgIpc) is 2.56. The van der Waals surface area contributed by atoms with Gasteiger partial charge in [0.05, 0.1) is 16.8 Å². The molecule has 0 atom stereocenters. The van der Waals surface area contributed by atoms with Crippen LogP contribution in [0.15, 0.2) is 0 Å². The summed E-state index contributed by atoms with van der Waals surface area (Å²) in [5, 5.41) is 8.97. The van der Waals surface area contributed by atoms with Gasteiger partial charge in [0.25, 0.3) is 5.91 Å². The number of anilines is 1. The highest BCUT2D eigenvalue weighted by atomic mass is 16.2. The number of primary amides is 1. The molecule has 94 valence electrons. The normalized spacial score (nSPS) is 11.2. The number of nitrogens with two attached hydrogens (primary N) is 2. The number of hydrogen-bond donors (Lipinski definition) is 4. The predicted octanol–water partition coefficient (Wildman–Crippen LogP) is -0.458. The SMILES string of the molecule is Cc1[nH]nc(C(=O)NCC(C)(C)C(N)=O)c1N. The van der Waals surface area contributed by atoms with Crippen LogP contribution in [-0.2, 0) is 4.79 Å². The van der Waals surface area contributed by atoms with Crippen LogP contribution in [-0.4, -0.2) is 28.6 Å². The van der Waals surface area contributed by atoms with Crippen molar-refractivity contribution in [3.05, 3.63) is 11.4 Å². The van der Waals surface area contributed by atoms with Crippen molar-refractivity contribution >= 4 is 17.5 Å². The highest BCUT2D eigenvalue weighted by Crippen LogP contribution is 2.14. The van der Waals surface area contributed by atoms with Crippen molar-refractivity contribution in [1.82, 2.24) is 15.5 Å². The molecule has 7 heteroatoms. The Morgan fingerprint density at radius 2 is 2.06 bits per heavy atom. The van der Waals surface area contributed by atoms with Crippen molar-refractivity contribution in [2.75, 3.05) is 12.3 Å². The van der Waals surface area contributed by atoms with Crippen LogP contribution in [0.4, 0.5) is 5.69 Å². The van der Waals surface area contributed by atoms with E-state index in [0.29, 0.717) is 11.4 Å². The Morgan fingerprint density at radius 3 is 2.47 bits per heavy atom. The lowest BCUT2D eigenvalue weighted by Gasteiger charge is -2.20. The number of aromatic nitrogens is 2. The van der Waals surface area contributed by atoms with Crippen LogP contribution >= 0.6 is 0 Å². The van der Waals surface area contributed by atoms with E-state index < -0.39 is 17.2 Å². The molecule has 0 saturated carbocycles. The van der Waals surface area contributed by atoms with E-state index in [1.807, 2.05) is 0 Å². The number of hydrogen-bond acceptors (Lipinski definition) is 4. The van der Waals surface area contributed by atoms with Crippen LogP contribution in [0, 0.1) is 12.3 Å². The zero-order valence-corrected chi connectivity index (χ0v) is 10.1. The summed E-state index contributed by atoms with van der Waals surface area (Å²) in [6, 6.07) is 0. The zero-order chi connectivity index (χ0) is 13.2. The smallest absolute Gasteiger partial charge is 0.273 e. The van der Waals surface area contributed by atoms with Crippen LogP contribution < -0.4 is 16.8 Å². The number of aryl methyl sites for hydroxylation is 1. The van der Waals surface area contributed by atoms with Crippen molar-refractivity contribution in [2.45, 2.75) is 20.8 Å². The number of carbonyl (C=O) groups excluding carboxylic acids is 2. The largest absolute Gasteiger partial charge is 0.395 e. The van der Waals surface area contributed by atoms with Gasteiger partial charge >= 0.3 is 0 Å². The fourth-order valence-electron chi connectivity index (χ4n) is 1.08. The zero-order valence-electron chi connectivity index (χ0n) is 10.1. The molecular formula is C10H17N5O2. The topological polar surface area (TPSA) is 127 Å². The Kier molecular flexibility index (Phi) is 3.40. The van der Waals surface area contributed by atoms with Gasteiger partial charge in [0.1, 0.15) is 0 Å². The lowest BCUT2D eigenvalue weighted by Crippen LogP contribution is -2.42. The molecule has 0 aromatic carbocycles. The van der Waals surface area contributed by atoms with Crippen molar-refractivity contribution in [1.29, 1.82) is 0 Å². The molecule has 0 aliphatic rings. The number of H-pyrrole nitrogens is 1. The fourth-order valence-corrected chi connectivity index (χ4v) is 1.08. The Hall–Kier alpha value is -2.05. The van der Waals surface area contributed by atoms with Gasteiger partial charge in [-0.15, -0.1) is 0 Å². The first-order chi connectivity index (χ1) is 7.75. The van der Waals surface area contributed by atoms with Gasteiger partial charge < -0.3 is 16.8 Å². The molecule has 1 aromatic rings. The minimum atomic E-state index is -0.810. The maximum absolute atomic E-state index is 11.7. The minimum Gasteiger partial charge on any atom is -0.395 e. The molecule has 0 fully saturated rings. The third-order valence-electron chi connectivity index (χ3n) is 2.57. The summed E-state index contributed by atoms with van der Waals surface area (Å²) in [5.41, 5.74) is 11.1. The van der Waals surface area contributed by atoms with Gasteiger partial charge in [0.15, 0.2) is 5.69 Å². The van der Waals surface area contributed by atoms with Gasteiger partial charge in [0, 0.05) is 6.54 Å². The first kappa shape index (κ1) is 13.0. The van der Waals surface area contributed by atoms with Crippen LogP contribution in [0.5, 0.6) is 0 Å². The number of nitrogens with zero attached hydrogens (tertiary/aromatic N) is 1. The van der Waals surface area contributed by atoms with E-state index in [1.165, 1.54) is 0 Å². The van der Waals surface area contributed by atoms with E-state index in [0.717, 1.165) is 0 Å². The number of amides is 2. The molecule has 1 aromatic heterocycles. The summed E-state index contributed by atoms with van der Waals surface area (Å²) in [6.45, 7) is 5.14. The number of carbonyl (C=O) groups is 2. The molecule has 2 amide bonds.